The van der Waals surface area contributed by atoms with Crippen molar-refractivity contribution in [1.82, 2.24) is 5.43 Å². The van der Waals surface area contributed by atoms with Gasteiger partial charge in [-0.25, -0.2) is 0 Å². The number of halogens is 1. The quantitative estimate of drug-likeness (QED) is 0.465. The third-order valence-corrected chi connectivity index (χ3v) is 2.41. The zero-order chi connectivity index (χ0) is 11.1. The smallest absolute Gasteiger partial charge is 0.0406 e. The number of hydrazine groups is 1. The molecule has 80 valence electrons. The first-order valence-corrected chi connectivity index (χ1v) is 5.24. The lowest BCUT2D eigenvalue weighted by atomic mass is 10.0. The second kappa shape index (κ2) is 6.47. The van der Waals surface area contributed by atoms with Crippen LogP contribution in [0.3, 0.4) is 0 Å². The third kappa shape index (κ3) is 4.35. The van der Waals surface area contributed by atoms with Crippen molar-refractivity contribution in [2.75, 3.05) is 0 Å². The Morgan fingerprint density at radius 1 is 1.40 bits per heavy atom. The normalized spacial score (nSPS) is 11.7. The van der Waals surface area contributed by atoms with Crippen molar-refractivity contribution in [3.8, 4) is 11.8 Å². The monoisotopic (exact) mass is 222 g/mol. The van der Waals surface area contributed by atoms with E-state index in [0.29, 0.717) is 0 Å². The van der Waals surface area contributed by atoms with Crippen LogP contribution in [0.5, 0.6) is 0 Å². The molecule has 0 aliphatic heterocycles. The van der Waals surface area contributed by atoms with Crippen LogP contribution in [0.2, 0.25) is 5.02 Å². The van der Waals surface area contributed by atoms with E-state index in [2.05, 4.69) is 17.3 Å². The summed E-state index contributed by atoms with van der Waals surface area (Å²) in [5, 5.41) is 0.754. The number of nitrogens with two attached hydrogens (primary N) is 1. The molecule has 1 rings (SSSR count). The van der Waals surface area contributed by atoms with Crippen LogP contribution < -0.4 is 11.3 Å². The van der Waals surface area contributed by atoms with Gasteiger partial charge in [0.15, 0.2) is 0 Å². The van der Waals surface area contributed by atoms with Crippen molar-refractivity contribution in [2.24, 2.45) is 5.84 Å². The molecule has 0 spiro atoms. The third-order valence-electron chi connectivity index (χ3n) is 2.16. The summed E-state index contributed by atoms with van der Waals surface area (Å²) in [6.45, 7) is 1.83. The maximum atomic E-state index is 5.80. The summed E-state index contributed by atoms with van der Waals surface area (Å²) in [6.07, 6.45) is 1.62. The highest BCUT2D eigenvalue weighted by Gasteiger charge is 2.05. The number of rotatable bonds is 4. The molecule has 3 heteroatoms. The first-order valence-electron chi connectivity index (χ1n) is 4.86. The molecule has 1 aromatic carbocycles. The standard InChI is InChI=1S/C12H15ClN2/c1-2-3-4-12(15-14)9-10-5-7-11(13)8-6-10/h5-8,12,15H,4,9,14H2,1H3. The van der Waals surface area contributed by atoms with Gasteiger partial charge in [0, 0.05) is 17.5 Å². The molecule has 0 saturated heterocycles. The summed E-state index contributed by atoms with van der Waals surface area (Å²) in [6, 6.07) is 7.97. The lowest BCUT2D eigenvalue weighted by Crippen LogP contribution is -2.36. The minimum absolute atomic E-state index is 0.193. The molecule has 0 radical (unpaired) electrons. The van der Waals surface area contributed by atoms with E-state index in [1.807, 2.05) is 31.2 Å². The molecular formula is C12H15ClN2. The molecule has 0 bridgehead atoms. The summed E-state index contributed by atoms with van der Waals surface area (Å²) in [7, 11) is 0. The van der Waals surface area contributed by atoms with Crippen LogP contribution in [0.15, 0.2) is 24.3 Å². The van der Waals surface area contributed by atoms with E-state index in [1.165, 1.54) is 5.56 Å². The molecule has 1 atom stereocenters. The molecule has 1 unspecified atom stereocenters. The Hall–Kier alpha value is -1.01. The Morgan fingerprint density at radius 3 is 2.60 bits per heavy atom. The number of nitrogens with one attached hydrogen (secondary N) is 1. The van der Waals surface area contributed by atoms with Crippen molar-refractivity contribution in [2.45, 2.75) is 25.8 Å². The Morgan fingerprint density at radius 2 is 2.07 bits per heavy atom. The molecule has 0 aromatic heterocycles. The van der Waals surface area contributed by atoms with Gasteiger partial charge in [0.1, 0.15) is 0 Å². The predicted octanol–water partition coefficient (Wildman–Crippen LogP) is 2.13. The van der Waals surface area contributed by atoms with E-state index in [9.17, 15) is 0 Å². The molecule has 15 heavy (non-hydrogen) atoms. The largest absolute Gasteiger partial charge is 0.271 e. The van der Waals surface area contributed by atoms with Crippen molar-refractivity contribution < 1.29 is 0 Å². The zero-order valence-corrected chi connectivity index (χ0v) is 9.51. The molecule has 0 amide bonds. The van der Waals surface area contributed by atoms with Gasteiger partial charge in [0.05, 0.1) is 0 Å². The van der Waals surface area contributed by atoms with Gasteiger partial charge in [-0.2, -0.15) is 0 Å². The minimum Gasteiger partial charge on any atom is -0.271 e. The van der Waals surface area contributed by atoms with Gasteiger partial charge >= 0.3 is 0 Å². The maximum Gasteiger partial charge on any atom is 0.0406 e. The van der Waals surface area contributed by atoms with Crippen LogP contribution in [0.4, 0.5) is 0 Å². The average molecular weight is 223 g/mol. The molecule has 3 N–H and O–H groups in total. The number of benzene rings is 1. The Labute approximate surface area is 95.8 Å². The summed E-state index contributed by atoms with van der Waals surface area (Å²) < 4.78 is 0. The van der Waals surface area contributed by atoms with E-state index in [-0.39, 0.29) is 6.04 Å². The van der Waals surface area contributed by atoms with Crippen LogP contribution in [-0.2, 0) is 6.42 Å². The molecular weight excluding hydrogens is 208 g/mol. The molecule has 0 saturated carbocycles. The fourth-order valence-electron chi connectivity index (χ4n) is 1.32. The van der Waals surface area contributed by atoms with Gasteiger partial charge in [-0.05, 0) is 31.0 Å². The average Bonchev–Trinajstić information content (AvgIpc) is 2.27. The highest BCUT2D eigenvalue weighted by Crippen LogP contribution is 2.11. The van der Waals surface area contributed by atoms with Crippen molar-refractivity contribution in [1.29, 1.82) is 0 Å². The lowest BCUT2D eigenvalue weighted by molar-refractivity contribution is 0.536. The molecule has 0 heterocycles. The number of hydrogen-bond acceptors (Lipinski definition) is 2. The number of hydrogen-bond donors (Lipinski definition) is 2. The van der Waals surface area contributed by atoms with Gasteiger partial charge in [0.2, 0.25) is 0 Å². The summed E-state index contributed by atoms with van der Waals surface area (Å²) in [5.74, 6) is 11.3. The first kappa shape index (κ1) is 12.1. The lowest BCUT2D eigenvalue weighted by Gasteiger charge is -2.12. The first-order chi connectivity index (χ1) is 7.26. The fraction of sp³-hybridized carbons (Fsp3) is 0.333. The van der Waals surface area contributed by atoms with Gasteiger partial charge in [0.25, 0.3) is 0 Å². The highest BCUT2D eigenvalue weighted by atomic mass is 35.5. The van der Waals surface area contributed by atoms with Crippen LogP contribution in [0.25, 0.3) is 0 Å². The van der Waals surface area contributed by atoms with Gasteiger partial charge in [-0.1, -0.05) is 23.7 Å². The maximum absolute atomic E-state index is 5.80. The SMILES string of the molecule is CC#CCC(Cc1ccc(Cl)cc1)NN. The van der Waals surface area contributed by atoms with Gasteiger partial charge in [-0.15, -0.1) is 11.8 Å². The second-order valence-electron chi connectivity index (χ2n) is 3.33. The second-order valence-corrected chi connectivity index (χ2v) is 3.76. The topological polar surface area (TPSA) is 38.0 Å². The van der Waals surface area contributed by atoms with E-state index < -0.39 is 0 Å². The van der Waals surface area contributed by atoms with Gasteiger partial charge < -0.3 is 0 Å². The van der Waals surface area contributed by atoms with Crippen LogP contribution in [0, 0.1) is 11.8 Å². The van der Waals surface area contributed by atoms with E-state index in [1.54, 1.807) is 0 Å². The summed E-state index contributed by atoms with van der Waals surface area (Å²) in [5.41, 5.74) is 3.97. The van der Waals surface area contributed by atoms with Crippen molar-refractivity contribution >= 4 is 11.6 Å². The van der Waals surface area contributed by atoms with E-state index in [0.717, 1.165) is 17.9 Å². The van der Waals surface area contributed by atoms with Gasteiger partial charge in [-0.3, -0.25) is 11.3 Å². The summed E-state index contributed by atoms with van der Waals surface area (Å²) >= 11 is 5.80. The van der Waals surface area contributed by atoms with Crippen molar-refractivity contribution in [3.63, 3.8) is 0 Å². The van der Waals surface area contributed by atoms with Crippen LogP contribution in [-0.4, -0.2) is 6.04 Å². The van der Waals surface area contributed by atoms with Crippen molar-refractivity contribution in [3.05, 3.63) is 34.9 Å². The molecule has 0 aliphatic carbocycles. The Balaban J connectivity index is 2.57. The predicted molar refractivity (Wildman–Crippen MR) is 64.3 cm³/mol. The highest BCUT2D eigenvalue weighted by molar-refractivity contribution is 6.30. The fourth-order valence-corrected chi connectivity index (χ4v) is 1.45. The summed E-state index contributed by atoms with van der Waals surface area (Å²) in [4.78, 5) is 0. The Kier molecular flexibility index (Phi) is 5.20. The van der Waals surface area contributed by atoms with Crippen LogP contribution in [0.1, 0.15) is 18.9 Å². The molecule has 1 aromatic rings. The zero-order valence-electron chi connectivity index (χ0n) is 8.76. The molecule has 0 aliphatic rings. The minimum atomic E-state index is 0.193. The van der Waals surface area contributed by atoms with Crippen LogP contribution >= 0.6 is 11.6 Å². The molecule has 0 fully saturated rings. The van der Waals surface area contributed by atoms with E-state index >= 15 is 0 Å². The molecule has 2 nitrogen and oxygen atoms in total. The Bertz CT molecular complexity index is 348. The van der Waals surface area contributed by atoms with E-state index in [4.69, 9.17) is 17.4 Å².